The summed E-state index contributed by atoms with van der Waals surface area (Å²) in [5.41, 5.74) is 5.65. The lowest BCUT2D eigenvalue weighted by atomic mass is 10.1. The van der Waals surface area contributed by atoms with Crippen LogP contribution in [0.1, 0.15) is 16.7 Å². The summed E-state index contributed by atoms with van der Waals surface area (Å²) in [4.78, 5) is 29.2. The molecule has 6 nitrogen and oxygen atoms in total. The number of nitrogens with one attached hydrogen (secondary N) is 2. The molecule has 34 heavy (non-hydrogen) atoms. The van der Waals surface area contributed by atoms with Crippen LogP contribution in [0.3, 0.4) is 0 Å². The van der Waals surface area contributed by atoms with Gasteiger partial charge in [-0.15, -0.1) is 11.3 Å². The molecule has 0 aliphatic carbocycles. The maximum Gasteiger partial charge on any atom is 0.262 e. The molecule has 4 rings (SSSR count). The number of hydrogen-bond donors (Lipinski definition) is 2. The van der Waals surface area contributed by atoms with Crippen molar-refractivity contribution < 1.29 is 14.3 Å². The molecular weight excluding hydrogens is 466 g/mol. The fourth-order valence-corrected chi connectivity index (χ4v) is 5.13. The molecule has 2 N–H and O–H groups in total. The number of ether oxygens (including phenoxy) is 1. The van der Waals surface area contributed by atoms with Gasteiger partial charge in [-0.25, -0.2) is 4.98 Å². The van der Waals surface area contributed by atoms with Crippen molar-refractivity contribution in [3.8, 4) is 5.75 Å². The van der Waals surface area contributed by atoms with Crippen LogP contribution in [0.4, 0.5) is 11.4 Å². The summed E-state index contributed by atoms with van der Waals surface area (Å²) in [6.07, 6.45) is 0. The van der Waals surface area contributed by atoms with Crippen molar-refractivity contribution in [3.63, 3.8) is 0 Å². The number of carbonyl (C=O) groups excluding carboxylic acids is 2. The van der Waals surface area contributed by atoms with E-state index in [0.29, 0.717) is 11.4 Å². The maximum atomic E-state index is 12.3. The second-order valence-electron chi connectivity index (χ2n) is 7.90. The third-order valence-corrected chi connectivity index (χ3v) is 7.41. The molecule has 0 saturated heterocycles. The van der Waals surface area contributed by atoms with Gasteiger partial charge in [-0.2, -0.15) is 0 Å². The molecule has 0 unspecified atom stereocenters. The van der Waals surface area contributed by atoms with Gasteiger partial charge in [0.1, 0.15) is 5.75 Å². The maximum absolute atomic E-state index is 12.3. The molecule has 0 aliphatic rings. The molecule has 1 aromatic heterocycles. The Kier molecular flexibility index (Phi) is 7.49. The Balaban J connectivity index is 1.31. The van der Waals surface area contributed by atoms with Gasteiger partial charge >= 0.3 is 0 Å². The molecular formula is C26H25N3O3S2. The molecule has 8 heteroatoms. The minimum absolute atomic E-state index is 0.0691. The number of anilines is 2. The summed E-state index contributed by atoms with van der Waals surface area (Å²) < 4.78 is 7.35. The van der Waals surface area contributed by atoms with E-state index in [1.165, 1.54) is 28.7 Å². The van der Waals surface area contributed by atoms with E-state index in [9.17, 15) is 9.59 Å². The number of carbonyl (C=O) groups is 2. The SMILES string of the molecule is Cc1ccc(OCC(=O)Nc2ccc3nc(SCC(=O)Nc4ccccc4C)sc3c2)cc1C. The first kappa shape index (κ1) is 23.8. The van der Waals surface area contributed by atoms with Gasteiger partial charge in [-0.1, -0.05) is 36.0 Å². The standard InChI is InChI=1S/C26H25N3O3S2/c1-16-8-10-20(12-18(16)3)32-14-24(30)27-19-9-11-22-23(13-19)34-26(29-22)33-15-25(31)28-21-7-5-4-6-17(21)2/h4-13H,14-15H2,1-3H3,(H,27,30)(H,28,31). The number of aryl methyl sites for hydroxylation is 3. The number of para-hydroxylation sites is 1. The van der Waals surface area contributed by atoms with Crippen LogP contribution in [0.5, 0.6) is 5.75 Å². The first-order valence-corrected chi connectivity index (χ1v) is 12.6. The van der Waals surface area contributed by atoms with Crippen LogP contribution < -0.4 is 15.4 Å². The highest BCUT2D eigenvalue weighted by Crippen LogP contribution is 2.31. The van der Waals surface area contributed by atoms with Gasteiger partial charge in [0.05, 0.1) is 16.0 Å². The highest BCUT2D eigenvalue weighted by atomic mass is 32.2. The van der Waals surface area contributed by atoms with Crippen molar-refractivity contribution in [2.45, 2.75) is 25.1 Å². The lowest BCUT2D eigenvalue weighted by Gasteiger charge is -2.09. The number of nitrogens with zero attached hydrogens (tertiary/aromatic N) is 1. The van der Waals surface area contributed by atoms with Gasteiger partial charge in [0.15, 0.2) is 10.9 Å². The van der Waals surface area contributed by atoms with E-state index < -0.39 is 0 Å². The predicted octanol–water partition coefficient (Wildman–Crippen LogP) is 5.97. The molecule has 1 heterocycles. The van der Waals surface area contributed by atoms with Crippen LogP contribution in [0.15, 0.2) is 65.0 Å². The van der Waals surface area contributed by atoms with Crippen LogP contribution in [0, 0.1) is 20.8 Å². The monoisotopic (exact) mass is 491 g/mol. The minimum Gasteiger partial charge on any atom is -0.484 e. The van der Waals surface area contributed by atoms with Gasteiger partial charge in [-0.3, -0.25) is 9.59 Å². The van der Waals surface area contributed by atoms with Gasteiger partial charge in [0.25, 0.3) is 5.91 Å². The Labute approximate surface area is 206 Å². The van der Waals surface area contributed by atoms with Crippen LogP contribution in [0.2, 0.25) is 0 Å². The Hall–Kier alpha value is -3.36. The molecule has 0 atom stereocenters. The topological polar surface area (TPSA) is 80.3 Å². The largest absolute Gasteiger partial charge is 0.484 e. The molecule has 3 aromatic carbocycles. The zero-order chi connectivity index (χ0) is 24.1. The summed E-state index contributed by atoms with van der Waals surface area (Å²) in [6, 6.07) is 19.0. The number of aromatic nitrogens is 1. The predicted molar refractivity (Wildman–Crippen MR) is 140 cm³/mol. The number of amides is 2. The smallest absolute Gasteiger partial charge is 0.262 e. The fourth-order valence-electron chi connectivity index (χ4n) is 3.22. The van der Waals surface area contributed by atoms with E-state index in [2.05, 4.69) is 15.6 Å². The van der Waals surface area contributed by atoms with Crippen molar-refractivity contribution in [2.24, 2.45) is 0 Å². The van der Waals surface area contributed by atoms with Crippen LogP contribution in [-0.2, 0) is 9.59 Å². The number of thioether (sulfide) groups is 1. The Bertz CT molecular complexity index is 1350. The molecule has 0 spiro atoms. The van der Waals surface area contributed by atoms with Gasteiger partial charge in [0, 0.05) is 11.4 Å². The van der Waals surface area contributed by atoms with Gasteiger partial charge < -0.3 is 15.4 Å². The van der Waals surface area contributed by atoms with Crippen molar-refractivity contribution in [1.29, 1.82) is 0 Å². The van der Waals surface area contributed by atoms with E-state index in [0.717, 1.165) is 31.4 Å². The average molecular weight is 492 g/mol. The molecule has 0 radical (unpaired) electrons. The van der Waals surface area contributed by atoms with Crippen LogP contribution in [0.25, 0.3) is 10.2 Å². The van der Waals surface area contributed by atoms with Crippen LogP contribution in [-0.4, -0.2) is 29.2 Å². The molecule has 0 aliphatic heterocycles. The lowest BCUT2D eigenvalue weighted by molar-refractivity contribution is -0.118. The Morgan fingerprint density at radius 3 is 2.53 bits per heavy atom. The van der Waals surface area contributed by atoms with E-state index in [1.54, 1.807) is 0 Å². The van der Waals surface area contributed by atoms with Crippen molar-refractivity contribution in [3.05, 3.63) is 77.4 Å². The summed E-state index contributed by atoms with van der Waals surface area (Å²) in [5, 5.41) is 5.80. The molecule has 0 bridgehead atoms. The van der Waals surface area contributed by atoms with Gasteiger partial charge in [-0.05, 0) is 73.9 Å². The second kappa shape index (κ2) is 10.7. The summed E-state index contributed by atoms with van der Waals surface area (Å²) >= 11 is 2.89. The molecule has 0 saturated carbocycles. The molecule has 2 amide bonds. The van der Waals surface area contributed by atoms with E-state index in [1.807, 2.05) is 81.4 Å². The summed E-state index contributed by atoms with van der Waals surface area (Å²) in [7, 11) is 0. The van der Waals surface area contributed by atoms with Crippen molar-refractivity contribution in [2.75, 3.05) is 23.0 Å². The van der Waals surface area contributed by atoms with E-state index >= 15 is 0 Å². The van der Waals surface area contributed by atoms with E-state index in [4.69, 9.17) is 4.74 Å². The van der Waals surface area contributed by atoms with Crippen molar-refractivity contribution >= 4 is 56.5 Å². The van der Waals surface area contributed by atoms with Crippen molar-refractivity contribution in [1.82, 2.24) is 4.98 Å². The normalized spacial score (nSPS) is 10.8. The Morgan fingerprint density at radius 2 is 1.74 bits per heavy atom. The summed E-state index contributed by atoms with van der Waals surface area (Å²) in [5.74, 6) is 0.636. The zero-order valence-electron chi connectivity index (χ0n) is 19.2. The third kappa shape index (κ3) is 6.15. The number of hydrogen-bond acceptors (Lipinski definition) is 6. The average Bonchev–Trinajstić information content (AvgIpc) is 3.22. The molecule has 174 valence electrons. The third-order valence-electron chi connectivity index (χ3n) is 5.25. The van der Waals surface area contributed by atoms with Gasteiger partial charge in [0.2, 0.25) is 5.91 Å². The highest BCUT2D eigenvalue weighted by molar-refractivity contribution is 8.01. The molecule has 4 aromatic rings. The number of rotatable bonds is 8. The van der Waals surface area contributed by atoms with E-state index in [-0.39, 0.29) is 24.2 Å². The first-order chi connectivity index (χ1) is 16.4. The minimum atomic E-state index is -0.232. The highest BCUT2D eigenvalue weighted by Gasteiger charge is 2.11. The summed E-state index contributed by atoms with van der Waals surface area (Å²) in [6.45, 7) is 5.93. The number of thiazole rings is 1. The number of benzene rings is 3. The first-order valence-electron chi connectivity index (χ1n) is 10.8. The quantitative estimate of drug-likeness (QED) is 0.297. The van der Waals surface area contributed by atoms with Crippen LogP contribution >= 0.6 is 23.1 Å². The molecule has 0 fully saturated rings. The second-order valence-corrected chi connectivity index (χ2v) is 10.2. The Morgan fingerprint density at radius 1 is 0.912 bits per heavy atom. The lowest BCUT2D eigenvalue weighted by Crippen LogP contribution is -2.20. The zero-order valence-corrected chi connectivity index (χ0v) is 20.8. The number of fused-ring (bicyclic) bond motifs is 1. The fraction of sp³-hybridized carbons (Fsp3) is 0.192.